The van der Waals surface area contributed by atoms with E-state index in [-0.39, 0.29) is 5.92 Å². The maximum Gasteiger partial charge on any atom is 0.246 e. The van der Waals surface area contributed by atoms with Crippen LogP contribution in [0.5, 0.6) is 0 Å². The van der Waals surface area contributed by atoms with Gasteiger partial charge in [-0.25, -0.2) is 8.42 Å². The normalized spacial score (nSPS) is 18.2. The summed E-state index contributed by atoms with van der Waals surface area (Å²) in [5.41, 5.74) is 2.23. The summed E-state index contributed by atoms with van der Waals surface area (Å²) in [6.07, 6.45) is 4.21. The predicted molar refractivity (Wildman–Crippen MR) is 109 cm³/mol. The van der Waals surface area contributed by atoms with Crippen molar-refractivity contribution in [3.63, 3.8) is 0 Å². The number of aryl methyl sites for hydroxylation is 2. The molecule has 29 heavy (non-hydrogen) atoms. The van der Waals surface area contributed by atoms with Gasteiger partial charge in [0.15, 0.2) is 0 Å². The molecule has 0 aliphatic carbocycles. The molecular formula is C20H26N6O2S. The molecule has 0 radical (unpaired) electrons. The standard InChI is InChI=1S/C20H26N6O2S/c1-15-20(16(2)24(3)23-15)29(27,28)25-11-7-8-17(13-25)12-19-22-21-14-26(19)18-9-5-4-6-10-18/h4-6,9-10,14,17H,7-8,11-13H2,1-3H3. The fourth-order valence-corrected chi connectivity index (χ4v) is 6.08. The van der Waals surface area contributed by atoms with Crippen molar-refractivity contribution in [2.45, 2.75) is 38.0 Å². The highest BCUT2D eigenvalue weighted by Gasteiger charge is 2.34. The number of hydrogen-bond donors (Lipinski definition) is 0. The minimum Gasteiger partial charge on any atom is -0.286 e. The Morgan fingerprint density at radius 3 is 2.62 bits per heavy atom. The second-order valence-corrected chi connectivity index (χ2v) is 9.53. The first-order valence-electron chi connectivity index (χ1n) is 9.82. The first-order chi connectivity index (χ1) is 13.9. The predicted octanol–water partition coefficient (Wildman–Crippen LogP) is 2.26. The van der Waals surface area contributed by atoms with Crippen molar-refractivity contribution in [2.75, 3.05) is 13.1 Å². The SMILES string of the molecule is Cc1nn(C)c(C)c1S(=O)(=O)N1CCCC(Cc2nncn2-c2ccccc2)C1. The van der Waals surface area contributed by atoms with Crippen LogP contribution >= 0.6 is 0 Å². The molecule has 1 fully saturated rings. The lowest BCUT2D eigenvalue weighted by Gasteiger charge is -2.31. The summed E-state index contributed by atoms with van der Waals surface area (Å²) in [5.74, 6) is 1.05. The Bertz CT molecular complexity index is 1100. The smallest absolute Gasteiger partial charge is 0.246 e. The number of sulfonamides is 1. The van der Waals surface area contributed by atoms with Gasteiger partial charge in [-0.05, 0) is 44.7 Å². The van der Waals surface area contributed by atoms with Crippen LogP contribution in [-0.2, 0) is 23.5 Å². The maximum atomic E-state index is 13.3. The lowest BCUT2D eigenvalue weighted by atomic mass is 9.96. The van der Waals surface area contributed by atoms with Crippen molar-refractivity contribution in [1.29, 1.82) is 0 Å². The van der Waals surface area contributed by atoms with Gasteiger partial charge in [0.25, 0.3) is 0 Å². The largest absolute Gasteiger partial charge is 0.286 e. The first-order valence-corrected chi connectivity index (χ1v) is 11.3. The van der Waals surface area contributed by atoms with E-state index in [2.05, 4.69) is 15.3 Å². The third-order valence-electron chi connectivity index (χ3n) is 5.65. The third-order valence-corrected chi connectivity index (χ3v) is 7.76. The Labute approximate surface area is 171 Å². The van der Waals surface area contributed by atoms with E-state index in [0.717, 1.165) is 24.4 Å². The van der Waals surface area contributed by atoms with Crippen LogP contribution in [0.15, 0.2) is 41.6 Å². The zero-order chi connectivity index (χ0) is 20.6. The Hall–Kier alpha value is -2.52. The summed E-state index contributed by atoms with van der Waals surface area (Å²) in [6.45, 7) is 4.58. The van der Waals surface area contributed by atoms with Crippen molar-refractivity contribution in [3.8, 4) is 5.69 Å². The van der Waals surface area contributed by atoms with Crippen LogP contribution in [0.3, 0.4) is 0 Å². The number of rotatable bonds is 5. The van der Waals surface area contributed by atoms with Gasteiger partial charge in [0.05, 0.1) is 11.4 Å². The number of hydrogen-bond acceptors (Lipinski definition) is 5. The van der Waals surface area contributed by atoms with Gasteiger partial charge in [-0.3, -0.25) is 9.25 Å². The summed E-state index contributed by atoms with van der Waals surface area (Å²) in [6, 6.07) is 9.95. The number of nitrogens with zero attached hydrogens (tertiary/aromatic N) is 6. The highest BCUT2D eigenvalue weighted by Crippen LogP contribution is 2.29. The molecular weight excluding hydrogens is 388 g/mol. The molecule has 0 N–H and O–H groups in total. The zero-order valence-electron chi connectivity index (χ0n) is 17.0. The molecule has 9 heteroatoms. The van der Waals surface area contributed by atoms with Crippen LogP contribution < -0.4 is 0 Å². The molecule has 1 atom stereocenters. The van der Waals surface area contributed by atoms with Gasteiger partial charge in [-0.2, -0.15) is 9.40 Å². The van der Waals surface area contributed by atoms with E-state index in [4.69, 9.17) is 0 Å². The molecule has 0 amide bonds. The fourth-order valence-electron chi connectivity index (χ4n) is 4.13. The summed E-state index contributed by atoms with van der Waals surface area (Å²) in [7, 11) is -1.79. The molecule has 0 bridgehead atoms. The number of piperidine rings is 1. The Kier molecular flexibility index (Phi) is 5.26. The van der Waals surface area contributed by atoms with Crippen LogP contribution in [0.2, 0.25) is 0 Å². The average Bonchev–Trinajstić information content (AvgIpc) is 3.26. The molecule has 0 spiro atoms. The molecule has 2 aromatic heterocycles. The van der Waals surface area contributed by atoms with E-state index in [1.54, 1.807) is 36.2 Å². The maximum absolute atomic E-state index is 13.3. The van der Waals surface area contributed by atoms with E-state index in [1.165, 1.54) is 0 Å². The van der Waals surface area contributed by atoms with Gasteiger partial charge in [0.1, 0.15) is 17.0 Å². The number of benzene rings is 1. The van der Waals surface area contributed by atoms with E-state index in [9.17, 15) is 8.42 Å². The van der Waals surface area contributed by atoms with Gasteiger partial charge < -0.3 is 0 Å². The van der Waals surface area contributed by atoms with Gasteiger partial charge in [0.2, 0.25) is 10.0 Å². The van der Waals surface area contributed by atoms with Crippen LogP contribution in [0.1, 0.15) is 30.1 Å². The molecule has 0 saturated carbocycles. The molecule has 1 aromatic carbocycles. The highest BCUT2D eigenvalue weighted by atomic mass is 32.2. The van der Waals surface area contributed by atoms with Crippen molar-refractivity contribution in [2.24, 2.45) is 13.0 Å². The van der Waals surface area contributed by atoms with Crippen LogP contribution in [-0.4, -0.2) is 50.4 Å². The zero-order valence-corrected chi connectivity index (χ0v) is 17.8. The first kappa shape index (κ1) is 19.8. The Balaban J connectivity index is 1.55. The van der Waals surface area contributed by atoms with Gasteiger partial charge >= 0.3 is 0 Å². The van der Waals surface area contributed by atoms with E-state index in [1.807, 2.05) is 34.9 Å². The lowest BCUT2D eigenvalue weighted by Crippen LogP contribution is -2.41. The summed E-state index contributed by atoms with van der Waals surface area (Å²) in [4.78, 5) is 0.341. The van der Waals surface area contributed by atoms with E-state index < -0.39 is 10.0 Å². The number of aromatic nitrogens is 5. The number of para-hydroxylation sites is 1. The van der Waals surface area contributed by atoms with E-state index in [0.29, 0.717) is 35.8 Å². The average molecular weight is 415 g/mol. The molecule has 3 heterocycles. The topological polar surface area (TPSA) is 85.9 Å². The Morgan fingerprint density at radius 1 is 1.17 bits per heavy atom. The van der Waals surface area contributed by atoms with Crippen molar-refractivity contribution in [3.05, 3.63) is 53.9 Å². The second kappa shape index (κ2) is 7.72. The van der Waals surface area contributed by atoms with Gasteiger partial charge in [-0.1, -0.05) is 18.2 Å². The van der Waals surface area contributed by atoms with Crippen LogP contribution in [0.4, 0.5) is 0 Å². The monoisotopic (exact) mass is 414 g/mol. The summed E-state index contributed by atoms with van der Waals surface area (Å²) in [5, 5.41) is 12.7. The molecule has 154 valence electrons. The lowest BCUT2D eigenvalue weighted by molar-refractivity contribution is 0.262. The molecule has 3 aromatic rings. The second-order valence-electron chi connectivity index (χ2n) is 7.65. The molecule has 1 aliphatic heterocycles. The highest BCUT2D eigenvalue weighted by molar-refractivity contribution is 7.89. The van der Waals surface area contributed by atoms with Crippen molar-refractivity contribution in [1.82, 2.24) is 28.9 Å². The van der Waals surface area contributed by atoms with Crippen molar-refractivity contribution < 1.29 is 8.42 Å². The molecule has 1 saturated heterocycles. The molecule has 8 nitrogen and oxygen atoms in total. The minimum atomic E-state index is -3.57. The fraction of sp³-hybridized carbons (Fsp3) is 0.450. The molecule has 1 unspecified atom stereocenters. The third kappa shape index (κ3) is 3.72. The Morgan fingerprint density at radius 2 is 1.93 bits per heavy atom. The summed E-state index contributed by atoms with van der Waals surface area (Å²) >= 11 is 0. The summed E-state index contributed by atoms with van der Waals surface area (Å²) < 4.78 is 31.9. The van der Waals surface area contributed by atoms with Crippen LogP contribution in [0, 0.1) is 19.8 Å². The molecule has 1 aliphatic rings. The van der Waals surface area contributed by atoms with Crippen LogP contribution in [0.25, 0.3) is 5.69 Å². The van der Waals surface area contributed by atoms with Crippen molar-refractivity contribution >= 4 is 10.0 Å². The minimum absolute atomic E-state index is 0.197. The quantitative estimate of drug-likeness (QED) is 0.639. The van der Waals surface area contributed by atoms with Gasteiger partial charge in [0, 0.05) is 32.2 Å². The van der Waals surface area contributed by atoms with E-state index >= 15 is 0 Å². The van der Waals surface area contributed by atoms with Gasteiger partial charge in [-0.15, -0.1) is 10.2 Å². The molecule has 4 rings (SSSR count).